The number of aliphatic hydroxyl groups is 1. The standard InChI is InChI=1S/C8H12O2/c1-3-5-7(9)8(10)6-4-2/h3-7,9H,1-2H3/b5-3?,6-4+. The zero-order valence-corrected chi connectivity index (χ0v) is 6.24. The number of carbonyl (C=O) groups excluding carboxylic acids is 1. The van der Waals surface area contributed by atoms with Crippen LogP contribution in [0.4, 0.5) is 0 Å². The number of hydrogen-bond acceptors (Lipinski definition) is 2. The van der Waals surface area contributed by atoms with E-state index in [0.29, 0.717) is 0 Å². The minimum Gasteiger partial charge on any atom is -0.381 e. The normalized spacial score (nSPS) is 14.7. The van der Waals surface area contributed by atoms with E-state index in [0.717, 1.165) is 0 Å². The molecule has 0 amide bonds. The SMILES string of the molecule is CC=CC(O)C(=O)/C=C/C. The van der Waals surface area contributed by atoms with Crippen LogP contribution in [0.5, 0.6) is 0 Å². The molecule has 2 heteroatoms. The maximum Gasteiger partial charge on any atom is 0.187 e. The van der Waals surface area contributed by atoms with Gasteiger partial charge in [-0.2, -0.15) is 0 Å². The Labute approximate surface area is 60.9 Å². The maximum atomic E-state index is 10.7. The third-order valence-corrected chi connectivity index (χ3v) is 0.997. The first-order chi connectivity index (χ1) is 4.72. The lowest BCUT2D eigenvalue weighted by molar-refractivity contribution is -0.120. The lowest BCUT2D eigenvalue weighted by Crippen LogP contribution is -2.14. The molecule has 0 aliphatic carbocycles. The average Bonchev–Trinajstić information content (AvgIpc) is 1.89. The third-order valence-electron chi connectivity index (χ3n) is 0.997. The van der Waals surface area contributed by atoms with Crippen molar-refractivity contribution in [3.05, 3.63) is 24.3 Å². The van der Waals surface area contributed by atoms with Gasteiger partial charge < -0.3 is 5.11 Å². The molecule has 2 nitrogen and oxygen atoms in total. The van der Waals surface area contributed by atoms with Gasteiger partial charge in [0.15, 0.2) is 5.78 Å². The van der Waals surface area contributed by atoms with Crippen molar-refractivity contribution in [3.63, 3.8) is 0 Å². The second-order valence-electron chi connectivity index (χ2n) is 1.87. The predicted molar refractivity (Wildman–Crippen MR) is 40.6 cm³/mol. The highest BCUT2D eigenvalue weighted by molar-refractivity contribution is 5.94. The highest BCUT2D eigenvalue weighted by Crippen LogP contribution is 1.89. The molecule has 0 radical (unpaired) electrons. The molecule has 1 atom stereocenters. The van der Waals surface area contributed by atoms with E-state index < -0.39 is 6.10 Å². The Morgan fingerprint density at radius 1 is 1.40 bits per heavy atom. The third kappa shape index (κ3) is 3.20. The first-order valence-corrected chi connectivity index (χ1v) is 3.19. The van der Waals surface area contributed by atoms with Gasteiger partial charge in [-0.1, -0.05) is 18.2 Å². The fourth-order valence-corrected chi connectivity index (χ4v) is 0.540. The van der Waals surface area contributed by atoms with Crippen molar-refractivity contribution in [2.45, 2.75) is 20.0 Å². The molecule has 0 saturated heterocycles. The molecule has 0 aromatic carbocycles. The first-order valence-electron chi connectivity index (χ1n) is 3.19. The van der Waals surface area contributed by atoms with Crippen molar-refractivity contribution in [1.82, 2.24) is 0 Å². The number of rotatable bonds is 3. The quantitative estimate of drug-likeness (QED) is 0.470. The smallest absolute Gasteiger partial charge is 0.187 e. The molecular formula is C8H12O2. The summed E-state index contributed by atoms with van der Waals surface area (Å²) >= 11 is 0. The van der Waals surface area contributed by atoms with Crippen LogP contribution >= 0.6 is 0 Å². The number of hydrogen-bond donors (Lipinski definition) is 1. The predicted octanol–water partition coefficient (Wildman–Crippen LogP) is 1.07. The average molecular weight is 140 g/mol. The highest BCUT2D eigenvalue weighted by Gasteiger charge is 2.04. The summed E-state index contributed by atoms with van der Waals surface area (Å²) in [6, 6.07) is 0. The molecule has 0 rings (SSSR count). The van der Waals surface area contributed by atoms with E-state index in [2.05, 4.69) is 0 Å². The van der Waals surface area contributed by atoms with Crippen LogP contribution in [-0.4, -0.2) is 17.0 Å². The minimum atomic E-state index is -0.971. The molecule has 56 valence electrons. The van der Waals surface area contributed by atoms with Crippen LogP contribution in [0, 0.1) is 0 Å². The van der Waals surface area contributed by atoms with E-state index in [1.54, 1.807) is 26.0 Å². The van der Waals surface area contributed by atoms with Crippen LogP contribution in [0.15, 0.2) is 24.3 Å². The summed E-state index contributed by atoms with van der Waals surface area (Å²) in [6.07, 6.45) is 5.08. The Balaban J connectivity index is 3.94. The molecule has 0 fully saturated rings. The van der Waals surface area contributed by atoms with E-state index in [4.69, 9.17) is 5.11 Å². The molecule has 0 bridgehead atoms. The highest BCUT2D eigenvalue weighted by atomic mass is 16.3. The zero-order chi connectivity index (χ0) is 7.98. The van der Waals surface area contributed by atoms with Gasteiger partial charge in [0, 0.05) is 0 Å². The van der Waals surface area contributed by atoms with Gasteiger partial charge in [0.1, 0.15) is 6.10 Å². The monoisotopic (exact) mass is 140 g/mol. The summed E-state index contributed by atoms with van der Waals surface area (Å²) in [5.74, 6) is -0.277. The van der Waals surface area contributed by atoms with Crippen LogP contribution in [0.25, 0.3) is 0 Å². The van der Waals surface area contributed by atoms with Crippen LogP contribution in [0.1, 0.15) is 13.8 Å². The Bertz CT molecular complexity index is 157. The molecule has 0 heterocycles. The van der Waals surface area contributed by atoms with E-state index >= 15 is 0 Å². The Kier molecular flexibility index (Phi) is 4.50. The van der Waals surface area contributed by atoms with E-state index in [9.17, 15) is 4.79 Å². The van der Waals surface area contributed by atoms with Gasteiger partial charge in [0.2, 0.25) is 0 Å². The summed E-state index contributed by atoms with van der Waals surface area (Å²) in [5.41, 5.74) is 0. The van der Waals surface area contributed by atoms with E-state index in [1.165, 1.54) is 12.2 Å². The first kappa shape index (κ1) is 9.11. The van der Waals surface area contributed by atoms with Gasteiger partial charge in [0.05, 0.1) is 0 Å². The van der Waals surface area contributed by atoms with E-state index in [-0.39, 0.29) is 5.78 Å². The minimum absolute atomic E-state index is 0.277. The molecular weight excluding hydrogens is 128 g/mol. The van der Waals surface area contributed by atoms with Crippen LogP contribution in [0.2, 0.25) is 0 Å². The fraction of sp³-hybridized carbons (Fsp3) is 0.375. The Hall–Kier alpha value is -0.890. The van der Waals surface area contributed by atoms with Crippen molar-refractivity contribution in [3.8, 4) is 0 Å². The second-order valence-corrected chi connectivity index (χ2v) is 1.87. The zero-order valence-electron chi connectivity index (χ0n) is 6.24. The topological polar surface area (TPSA) is 37.3 Å². The fourth-order valence-electron chi connectivity index (χ4n) is 0.540. The largest absolute Gasteiger partial charge is 0.381 e. The van der Waals surface area contributed by atoms with Crippen molar-refractivity contribution in [2.75, 3.05) is 0 Å². The molecule has 0 saturated carbocycles. The van der Waals surface area contributed by atoms with Crippen molar-refractivity contribution >= 4 is 5.78 Å². The lowest BCUT2D eigenvalue weighted by Gasteiger charge is -1.96. The number of allylic oxidation sites excluding steroid dienone is 2. The van der Waals surface area contributed by atoms with Crippen LogP contribution < -0.4 is 0 Å². The van der Waals surface area contributed by atoms with Gasteiger partial charge >= 0.3 is 0 Å². The molecule has 1 N–H and O–H groups in total. The van der Waals surface area contributed by atoms with Crippen LogP contribution in [0.3, 0.4) is 0 Å². The molecule has 0 aliphatic rings. The lowest BCUT2D eigenvalue weighted by atomic mass is 10.2. The van der Waals surface area contributed by atoms with Crippen molar-refractivity contribution < 1.29 is 9.90 Å². The summed E-state index contributed by atoms with van der Waals surface area (Å²) in [7, 11) is 0. The molecule has 10 heavy (non-hydrogen) atoms. The van der Waals surface area contributed by atoms with Gasteiger partial charge in [-0.25, -0.2) is 0 Å². The molecule has 0 spiro atoms. The van der Waals surface area contributed by atoms with Crippen molar-refractivity contribution in [2.24, 2.45) is 0 Å². The Morgan fingerprint density at radius 2 is 2.00 bits per heavy atom. The maximum absolute atomic E-state index is 10.7. The summed E-state index contributed by atoms with van der Waals surface area (Å²) in [6.45, 7) is 3.49. The molecule has 0 aromatic rings. The summed E-state index contributed by atoms with van der Waals surface area (Å²) in [5, 5.41) is 8.96. The van der Waals surface area contributed by atoms with Gasteiger partial charge in [-0.3, -0.25) is 4.79 Å². The molecule has 0 aromatic heterocycles. The van der Waals surface area contributed by atoms with Gasteiger partial charge in [0.25, 0.3) is 0 Å². The van der Waals surface area contributed by atoms with Crippen molar-refractivity contribution in [1.29, 1.82) is 0 Å². The number of carbonyl (C=O) groups is 1. The number of aliphatic hydroxyl groups excluding tert-OH is 1. The second kappa shape index (κ2) is 4.94. The Morgan fingerprint density at radius 3 is 2.40 bits per heavy atom. The number of ketones is 1. The van der Waals surface area contributed by atoms with Gasteiger partial charge in [-0.05, 0) is 19.9 Å². The van der Waals surface area contributed by atoms with E-state index in [1.807, 2.05) is 0 Å². The van der Waals surface area contributed by atoms with Gasteiger partial charge in [-0.15, -0.1) is 0 Å². The molecule has 1 unspecified atom stereocenters. The summed E-state index contributed by atoms with van der Waals surface area (Å²) in [4.78, 5) is 10.7. The van der Waals surface area contributed by atoms with Crippen LogP contribution in [-0.2, 0) is 4.79 Å². The molecule has 0 aliphatic heterocycles. The summed E-state index contributed by atoms with van der Waals surface area (Å²) < 4.78 is 0.